The van der Waals surface area contributed by atoms with E-state index in [1.54, 1.807) is 7.11 Å². The predicted molar refractivity (Wildman–Crippen MR) is 100 cm³/mol. The maximum Gasteiger partial charge on any atom is 0.123 e. The Morgan fingerprint density at radius 2 is 1.91 bits per heavy atom. The maximum absolute atomic E-state index is 5.63. The summed E-state index contributed by atoms with van der Waals surface area (Å²) in [5.41, 5.74) is 2.84. The first kappa shape index (κ1) is 20.0. The smallest absolute Gasteiger partial charge is 0.123 e. The van der Waals surface area contributed by atoms with Gasteiger partial charge in [-0.05, 0) is 56.9 Å². The van der Waals surface area contributed by atoms with Crippen molar-refractivity contribution in [3.63, 3.8) is 0 Å². The van der Waals surface area contributed by atoms with E-state index in [1.807, 2.05) is 13.8 Å². The van der Waals surface area contributed by atoms with Gasteiger partial charge in [0.05, 0.1) is 7.11 Å². The minimum absolute atomic E-state index is 0.588. The number of nitrogens with zero attached hydrogens (tertiary/aromatic N) is 1. The SMILES string of the molecule is CC.CCC(C)c1cccc(OC)c1CN1CCC(NC)CC1. The molecule has 1 fully saturated rings. The van der Waals surface area contributed by atoms with Gasteiger partial charge in [-0.1, -0.05) is 39.8 Å². The van der Waals surface area contributed by atoms with Gasteiger partial charge in [0.15, 0.2) is 0 Å². The number of rotatable bonds is 6. The first-order valence-corrected chi connectivity index (χ1v) is 9.25. The van der Waals surface area contributed by atoms with E-state index in [0.29, 0.717) is 12.0 Å². The molecule has 1 aromatic carbocycles. The topological polar surface area (TPSA) is 24.5 Å². The van der Waals surface area contributed by atoms with Gasteiger partial charge in [-0.2, -0.15) is 0 Å². The molecular weight excluding hydrogens is 284 g/mol. The van der Waals surface area contributed by atoms with Gasteiger partial charge in [0.2, 0.25) is 0 Å². The summed E-state index contributed by atoms with van der Waals surface area (Å²) in [6.07, 6.45) is 3.65. The van der Waals surface area contributed by atoms with Crippen molar-refractivity contribution in [2.75, 3.05) is 27.2 Å². The molecule has 2 rings (SSSR count). The van der Waals surface area contributed by atoms with Crippen LogP contribution in [0.15, 0.2) is 18.2 Å². The highest BCUT2D eigenvalue weighted by Crippen LogP contribution is 2.31. The Bertz CT molecular complexity index is 439. The molecule has 1 atom stereocenters. The first-order chi connectivity index (χ1) is 11.2. The van der Waals surface area contributed by atoms with Crippen LogP contribution < -0.4 is 10.1 Å². The van der Waals surface area contributed by atoms with Gasteiger partial charge < -0.3 is 10.1 Å². The monoisotopic (exact) mass is 320 g/mol. The number of nitrogens with one attached hydrogen (secondary N) is 1. The zero-order chi connectivity index (χ0) is 17.2. The van der Waals surface area contributed by atoms with Crippen molar-refractivity contribution in [1.29, 1.82) is 0 Å². The Hall–Kier alpha value is -1.06. The van der Waals surface area contributed by atoms with E-state index < -0.39 is 0 Å². The Labute approximate surface area is 143 Å². The molecule has 1 aliphatic heterocycles. The second-order valence-electron chi connectivity index (χ2n) is 6.18. The zero-order valence-corrected chi connectivity index (χ0v) is 16.0. The molecule has 23 heavy (non-hydrogen) atoms. The van der Waals surface area contributed by atoms with Gasteiger partial charge in [-0.3, -0.25) is 4.90 Å². The van der Waals surface area contributed by atoms with Crippen LogP contribution in [0.2, 0.25) is 0 Å². The zero-order valence-electron chi connectivity index (χ0n) is 16.0. The molecule has 1 heterocycles. The number of methoxy groups -OCH3 is 1. The van der Waals surface area contributed by atoms with Crippen LogP contribution in [-0.4, -0.2) is 38.2 Å². The molecule has 1 saturated heterocycles. The van der Waals surface area contributed by atoms with E-state index in [2.05, 4.69) is 49.3 Å². The molecule has 132 valence electrons. The lowest BCUT2D eigenvalue weighted by molar-refractivity contribution is 0.192. The van der Waals surface area contributed by atoms with Crippen LogP contribution in [0.4, 0.5) is 0 Å². The summed E-state index contributed by atoms with van der Waals surface area (Å²) >= 11 is 0. The van der Waals surface area contributed by atoms with Crippen LogP contribution in [0.5, 0.6) is 5.75 Å². The quantitative estimate of drug-likeness (QED) is 0.840. The van der Waals surface area contributed by atoms with Crippen molar-refractivity contribution in [3.05, 3.63) is 29.3 Å². The van der Waals surface area contributed by atoms with E-state index in [0.717, 1.165) is 12.3 Å². The number of ether oxygens (including phenoxy) is 1. The summed E-state index contributed by atoms with van der Waals surface area (Å²) in [5, 5.41) is 3.40. The van der Waals surface area contributed by atoms with Gasteiger partial charge in [-0.25, -0.2) is 0 Å². The Morgan fingerprint density at radius 3 is 2.43 bits per heavy atom. The third-order valence-electron chi connectivity index (χ3n) is 4.91. The Morgan fingerprint density at radius 1 is 1.26 bits per heavy atom. The largest absolute Gasteiger partial charge is 0.496 e. The molecule has 0 spiro atoms. The molecule has 0 amide bonds. The minimum atomic E-state index is 0.588. The lowest BCUT2D eigenvalue weighted by Gasteiger charge is -2.33. The summed E-state index contributed by atoms with van der Waals surface area (Å²) < 4.78 is 5.63. The maximum atomic E-state index is 5.63. The molecule has 1 aromatic rings. The van der Waals surface area contributed by atoms with Crippen LogP contribution in [0, 0.1) is 0 Å². The number of hydrogen-bond acceptors (Lipinski definition) is 3. The van der Waals surface area contributed by atoms with E-state index in [4.69, 9.17) is 4.74 Å². The summed E-state index contributed by atoms with van der Waals surface area (Å²) in [6.45, 7) is 11.9. The van der Waals surface area contributed by atoms with Crippen molar-refractivity contribution >= 4 is 0 Å². The highest BCUT2D eigenvalue weighted by atomic mass is 16.5. The average molecular weight is 321 g/mol. The predicted octanol–water partition coefficient (Wildman–Crippen LogP) is 4.42. The molecule has 0 radical (unpaired) electrons. The lowest BCUT2D eigenvalue weighted by Crippen LogP contribution is -2.40. The molecule has 3 heteroatoms. The number of piperidine rings is 1. The second-order valence-corrected chi connectivity index (χ2v) is 6.18. The fourth-order valence-corrected chi connectivity index (χ4v) is 3.23. The third kappa shape index (κ3) is 5.50. The van der Waals surface area contributed by atoms with Gasteiger partial charge in [0.25, 0.3) is 0 Å². The van der Waals surface area contributed by atoms with E-state index in [-0.39, 0.29) is 0 Å². The van der Waals surface area contributed by atoms with Gasteiger partial charge >= 0.3 is 0 Å². The molecule has 0 aliphatic carbocycles. The van der Waals surface area contributed by atoms with Gasteiger partial charge in [0, 0.05) is 18.2 Å². The molecule has 0 aromatic heterocycles. The first-order valence-electron chi connectivity index (χ1n) is 9.25. The molecule has 0 saturated carbocycles. The Kier molecular flexibility index (Phi) is 9.27. The van der Waals surface area contributed by atoms with E-state index in [9.17, 15) is 0 Å². The van der Waals surface area contributed by atoms with Crippen LogP contribution in [0.3, 0.4) is 0 Å². The molecule has 0 bridgehead atoms. The van der Waals surface area contributed by atoms with Crippen LogP contribution in [0.1, 0.15) is 64.0 Å². The average Bonchev–Trinajstić information content (AvgIpc) is 2.63. The number of likely N-dealkylation sites (tertiary alicyclic amines) is 1. The van der Waals surface area contributed by atoms with E-state index >= 15 is 0 Å². The van der Waals surface area contributed by atoms with Crippen molar-refractivity contribution in [2.24, 2.45) is 0 Å². The Balaban J connectivity index is 0.00000127. The highest BCUT2D eigenvalue weighted by Gasteiger charge is 2.21. The van der Waals surface area contributed by atoms with E-state index in [1.165, 1.54) is 43.5 Å². The molecule has 1 N–H and O–H groups in total. The number of hydrogen-bond donors (Lipinski definition) is 1. The highest BCUT2D eigenvalue weighted by molar-refractivity contribution is 5.42. The van der Waals surface area contributed by atoms with Gasteiger partial charge in [-0.15, -0.1) is 0 Å². The summed E-state index contributed by atoms with van der Waals surface area (Å²) in [4.78, 5) is 2.57. The molecule has 1 aliphatic rings. The normalized spacial score (nSPS) is 17.3. The molecule has 1 unspecified atom stereocenters. The fraction of sp³-hybridized carbons (Fsp3) is 0.700. The van der Waals surface area contributed by atoms with Crippen LogP contribution >= 0.6 is 0 Å². The van der Waals surface area contributed by atoms with Crippen molar-refractivity contribution < 1.29 is 4.74 Å². The fourth-order valence-electron chi connectivity index (χ4n) is 3.23. The summed E-state index contributed by atoms with van der Waals surface area (Å²) in [7, 11) is 3.86. The second kappa shape index (κ2) is 10.7. The summed E-state index contributed by atoms with van der Waals surface area (Å²) in [6, 6.07) is 7.18. The molecular formula is C20H36N2O. The van der Waals surface area contributed by atoms with Crippen molar-refractivity contribution in [2.45, 2.75) is 65.5 Å². The number of benzene rings is 1. The van der Waals surface area contributed by atoms with Crippen molar-refractivity contribution in [1.82, 2.24) is 10.2 Å². The lowest BCUT2D eigenvalue weighted by atomic mass is 9.92. The molecule has 3 nitrogen and oxygen atoms in total. The summed E-state index contributed by atoms with van der Waals surface area (Å²) in [5.74, 6) is 1.63. The third-order valence-corrected chi connectivity index (χ3v) is 4.91. The van der Waals surface area contributed by atoms with Crippen LogP contribution in [-0.2, 0) is 6.54 Å². The van der Waals surface area contributed by atoms with Crippen molar-refractivity contribution in [3.8, 4) is 5.75 Å². The van der Waals surface area contributed by atoms with Gasteiger partial charge in [0.1, 0.15) is 5.75 Å². The van der Waals surface area contributed by atoms with Crippen LogP contribution in [0.25, 0.3) is 0 Å². The minimum Gasteiger partial charge on any atom is -0.496 e. The standard InChI is InChI=1S/C18H30N2O.C2H6/c1-5-14(2)16-7-6-8-18(21-4)17(16)13-20-11-9-15(19-3)10-12-20;1-2/h6-8,14-15,19H,5,9-13H2,1-4H3;1-2H3.